The van der Waals surface area contributed by atoms with Crippen molar-refractivity contribution in [3.8, 4) is 0 Å². The third kappa shape index (κ3) is 3.31. The molecule has 0 aromatic rings. The molecule has 0 radical (unpaired) electrons. The molecule has 24 heavy (non-hydrogen) atoms. The third-order valence-corrected chi connectivity index (χ3v) is 7.39. The van der Waals surface area contributed by atoms with Gasteiger partial charge < -0.3 is 20.4 Å². The zero-order valence-electron chi connectivity index (χ0n) is 15.8. The molecule has 0 spiro atoms. The Morgan fingerprint density at radius 3 is 2.38 bits per heavy atom. The van der Waals surface area contributed by atoms with E-state index in [1.807, 2.05) is 6.92 Å². The van der Waals surface area contributed by atoms with E-state index in [9.17, 15) is 15.3 Å². The summed E-state index contributed by atoms with van der Waals surface area (Å²) < 4.78 is 0. The van der Waals surface area contributed by atoms with Crippen molar-refractivity contribution in [2.45, 2.75) is 84.0 Å². The van der Waals surface area contributed by atoms with Crippen molar-refractivity contribution in [2.75, 3.05) is 6.61 Å². The van der Waals surface area contributed by atoms with Crippen LogP contribution >= 0.6 is 0 Å². The van der Waals surface area contributed by atoms with Crippen molar-refractivity contribution in [1.29, 1.82) is 0 Å². The number of aliphatic hydroxyl groups excluding tert-OH is 3. The zero-order chi connectivity index (χ0) is 18.3. The lowest BCUT2D eigenvalue weighted by molar-refractivity contribution is -0.195. The molecule has 2 aliphatic carbocycles. The average molecular weight is 341 g/mol. The van der Waals surface area contributed by atoms with Gasteiger partial charge in [0.05, 0.1) is 24.4 Å². The molecule has 0 saturated heterocycles. The van der Waals surface area contributed by atoms with Gasteiger partial charge in [-0.1, -0.05) is 27.4 Å². The average Bonchev–Trinajstić information content (AvgIpc) is 2.49. The van der Waals surface area contributed by atoms with Gasteiger partial charge in [-0.2, -0.15) is 0 Å². The molecule has 0 aromatic heterocycles. The second kappa shape index (κ2) is 6.71. The van der Waals surface area contributed by atoms with Crippen molar-refractivity contribution >= 4 is 0 Å². The lowest BCUT2D eigenvalue weighted by atomic mass is 9.44. The molecular formula is C20H36O4. The molecule has 4 nitrogen and oxygen atoms in total. The first kappa shape index (κ1) is 19.9. The summed E-state index contributed by atoms with van der Waals surface area (Å²) in [5.74, 6) is 0.466. The first-order valence-corrected chi connectivity index (χ1v) is 9.34. The van der Waals surface area contributed by atoms with E-state index in [0.29, 0.717) is 17.9 Å². The maximum absolute atomic E-state index is 11.1. The molecule has 2 rings (SSSR count). The van der Waals surface area contributed by atoms with Gasteiger partial charge in [-0.25, -0.2) is 0 Å². The monoisotopic (exact) mass is 340 g/mol. The van der Waals surface area contributed by atoms with E-state index in [0.717, 1.165) is 32.1 Å². The van der Waals surface area contributed by atoms with E-state index < -0.39 is 11.7 Å². The van der Waals surface area contributed by atoms with E-state index in [1.165, 1.54) is 0 Å². The van der Waals surface area contributed by atoms with E-state index in [1.54, 1.807) is 0 Å². The van der Waals surface area contributed by atoms with Gasteiger partial charge in [0.1, 0.15) is 0 Å². The second-order valence-electron chi connectivity index (χ2n) is 9.28. The van der Waals surface area contributed by atoms with Crippen LogP contribution in [-0.2, 0) is 0 Å². The standard InChI is InChI=1S/C20H36O4/c1-13(14(22)12-21)6-7-16-19(4)10-9-17(23)18(2,3)15(19)8-11-20(16,5)24/h14-17,21-24H,1,6-12H2,2-5H3/t14-,15-,16-,17-,19+,20+/m0/s1. The van der Waals surface area contributed by atoms with Gasteiger partial charge in [0.15, 0.2) is 0 Å². The smallest absolute Gasteiger partial charge is 0.0978 e. The van der Waals surface area contributed by atoms with Crippen molar-refractivity contribution in [3.63, 3.8) is 0 Å². The summed E-state index contributed by atoms with van der Waals surface area (Å²) in [6.45, 7) is 12.1. The largest absolute Gasteiger partial charge is 0.393 e. The molecule has 0 unspecified atom stereocenters. The Bertz CT molecular complexity index is 470. The maximum atomic E-state index is 11.1. The van der Waals surface area contributed by atoms with Crippen LogP contribution in [0.3, 0.4) is 0 Å². The number of rotatable bonds is 5. The lowest BCUT2D eigenvalue weighted by Crippen LogP contribution is -2.60. The molecule has 0 amide bonds. The molecule has 0 aliphatic heterocycles. The summed E-state index contributed by atoms with van der Waals surface area (Å²) in [5.41, 5.74) is -0.291. The molecule has 6 atom stereocenters. The Labute approximate surface area is 146 Å². The highest BCUT2D eigenvalue weighted by Crippen LogP contribution is 2.63. The van der Waals surface area contributed by atoms with Crippen LogP contribution in [-0.4, -0.2) is 44.8 Å². The summed E-state index contributed by atoms with van der Waals surface area (Å²) in [6.07, 6.45) is 3.55. The van der Waals surface area contributed by atoms with Crippen LogP contribution in [0.15, 0.2) is 12.2 Å². The Balaban J connectivity index is 2.24. The van der Waals surface area contributed by atoms with E-state index in [2.05, 4.69) is 27.4 Å². The summed E-state index contributed by atoms with van der Waals surface area (Å²) in [7, 11) is 0. The summed E-state index contributed by atoms with van der Waals surface area (Å²) in [6, 6.07) is 0. The number of aliphatic hydroxyl groups is 4. The predicted octanol–water partition coefficient (Wildman–Crippen LogP) is 2.64. The Morgan fingerprint density at radius 1 is 1.17 bits per heavy atom. The first-order chi connectivity index (χ1) is 11.0. The molecule has 2 aliphatic rings. The van der Waals surface area contributed by atoms with E-state index >= 15 is 0 Å². The topological polar surface area (TPSA) is 80.9 Å². The van der Waals surface area contributed by atoms with E-state index in [-0.39, 0.29) is 29.5 Å². The molecule has 140 valence electrons. The summed E-state index contributed by atoms with van der Waals surface area (Å²) in [5, 5.41) is 40.4. The minimum atomic E-state index is -0.883. The lowest BCUT2D eigenvalue weighted by Gasteiger charge is -2.62. The normalized spacial score (nSPS) is 43.1. The fraction of sp³-hybridized carbons (Fsp3) is 0.900. The molecule has 0 heterocycles. The highest BCUT2D eigenvalue weighted by atomic mass is 16.3. The summed E-state index contributed by atoms with van der Waals surface area (Å²) >= 11 is 0. The van der Waals surface area contributed by atoms with Crippen LogP contribution in [0.25, 0.3) is 0 Å². The number of fused-ring (bicyclic) bond motifs is 1. The molecule has 4 heteroatoms. The fourth-order valence-electron chi connectivity index (χ4n) is 5.78. The van der Waals surface area contributed by atoms with Crippen molar-refractivity contribution in [2.24, 2.45) is 22.7 Å². The Morgan fingerprint density at radius 2 is 1.79 bits per heavy atom. The number of hydrogen-bond donors (Lipinski definition) is 4. The second-order valence-corrected chi connectivity index (χ2v) is 9.28. The van der Waals surface area contributed by atoms with Crippen molar-refractivity contribution < 1.29 is 20.4 Å². The fourth-order valence-corrected chi connectivity index (χ4v) is 5.78. The van der Waals surface area contributed by atoms with Gasteiger partial charge in [-0.15, -0.1) is 0 Å². The van der Waals surface area contributed by atoms with Crippen LogP contribution in [0, 0.1) is 22.7 Å². The van der Waals surface area contributed by atoms with Crippen molar-refractivity contribution in [1.82, 2.24) is 0 Å². The molecule has 0 aromatic carbocycles. The SMILES string of the molecule is C=C(CC[C@H]1[C@]2(C)CC[C@H](O)C(C)(C)[C@@H]2CC[C@@]1(C)O)[C@@H](O)CO. The van der Waals surface area contributed by atoms with Gasteiger partial charge in [-0.05, 0) is 73.7 Å². The minimum Gasteiger partial charge on any atom is -0.393 e. The molecule has 4 N–H and O–H groups in total. The van der Waals surface area contributed by atoms with Gasteiger partial charge in [0.25, 0.3) is 0 Å². The summed E-state index contributed by atoms with van der Waals surface area (Å²) in [4.78, 5) is 0. The number of hydrogen-bond acceptors (Lipinski definition) is 4. The first-order valence-electron chi connectivity index (χ1n) is 9.34. The minimum absolute atomic E-state index is 0.0328. The van der Waals surface area contributed by atoms with Crippen LogP contribution in [0.5, 0.6) is 0 Å². The third-order valence-electron chi connectivity index (χ3n) is 7.39. The Kier molecular flexibility index (Phi) is 5.57. The Hall–Kier alpha value is -0.420. The highest BCUT2D eigenvalue weighted by Gasteiger charge is 2.59. The van der Waals surface area contributed by atoms with Gasteiger partial charge in [0.2, 0.25) is 0 Å². The van der Waals surface area contributed by atoms with Crippen molar-refractivity contribution in [3.05, 3.63) is 12.2 Å². The van der Waals surface area contributed by atoms with Gasteiger partial charge in [0, 0.05) is 0 Å². The maximum Gasteiger partial charge on any atom is 0.0978 e. The van der Waals surface area contributed by atoms with Crippen LogP contribution in [0.4, 0.5) is 0 Å². The van der Waals surface area contributed by atoms with Gasteiger partial charge in [-0.3, -0.25) is 0 Å². The quantitative estimate of drug-likeness (QED) is 0.580. The zero-order valence-corrected chi connectivity index (χ0v) is 15.8. The molecule has 2 saturated carbocycles. The predicted molar refractivity (Wildman–Crippen MR) is 95.4 cm³/mol. The molecule has 0 bridgehead atoms. The van der Waals surface area contributed by atoms with Crippen LogP contribution in [0.1, 0.15) is 66.2 Å². The molecule has 2 fully saturated rings. The van der Waals surface area contributed by atoms with Crippen LogP contribution in [0.2, 0.25) is 0 Å². The van der Waals surface area contributed by atoms with Crippen LogP contribution < -0.4 is 0 Å². The molecular weight excluding hydrogens is 304 g/mol. The highest BCUT2D eigenvalue weighted by molar-refractivity contribution is 5.11. The van der Waals surface area contributed by atoms with E-state index in [4.69, 9.17) is 5.11 Å². The van der Waals surface area contributed by atoms with Gasteiger partial charge >= 0.3 is 0 Å².